The Bertz CT molecular complexity index is 1320. The van der Waals surface area contributed by atoms with E-state index in [1.54, 1.807) is 13.0 Å². The maximum Gasteiger partial charge on any atom is 0.316 e. The van der Waals surface area contributed by atoms with E-state index in [1.807, 2.05) is 0 Å². The first-order chi connectivity index (χ1) is 17.7. The molecular formula is C25H26FN5O6. The smallest absolute Gasteiger partial charge is 0.316 e. The number of methoxy groups -OCH3 is 1. The van der Waals surface area contributed by atoms with Crippen LogP contribution in [0.2, 0.25) is 0 Å². The molecule has 2 aliphatic rings. The Balaban J connectivity index is 1.51. The standard InChI is InChI=1S/C25H26FN5O6/c1-24(22(33)35-11-14-3-4-14)12-36-25(20(27)32,37-13-24)21-30-18(15-5-7-16(26)8-6-15)19(31-21)17-9-10-28-23(29-17)34-2/h5-10,14H,3-4,11-13H2,1-2H3,(H2,27,32)(H,30,31). The van der Waals surface area contributed by atoms with Gasteiger partial charge in [-0.2, -0.15) is 4.98 Å². The summed E-state index contributed by atoms with van der Waals surface area (Å²) in [7, 11) is 1.43. The van der Waals surface area contributed by atoms with Gasteiger partial charge in [0.05, 0.1) is 44.0 Å². The molecule has 3 heterocycles. The van der Waals surface area contributed by atoms with Gasteiger partial charge >= 0.3 is 17.8 Å². The second kappa shape index (κ2) is 9.52. The lowest BCUT2D eigenvalue weighted by Crippen LogP contribution is -2.56. The van der Waals surface area contributed by atoms with E-state index in [4.69, 9.17) is 24.7 Å². The Morgan fingerprint density at radius 1 is 1.16 bits per heavy atom. The van der Waals surface area contributed by atoms with Gasteiger partial charge in [-0.25, -0.2) is 14.4 Å². The molecular weight excluding hydrogens is 485 g/mol. The third-order valence-electron chi connectivity index (χ3n) is 6.36. The van der Waals surface area contributed by atoms with Crippen LogP contribution in [0.1, 0.15) is 25.6 Å². The Labute approximate surface area is 211 Å². The van der Waals surface area contributed by atoms with Gasteiger partial charge in [-0.1, -0.05) is 0 Å². The average molecular weight is 512 g/mol. The van der Waals surface area contributed by atoms with Gasteiger partial charge in [0.15, 0.2) is 5.82 Å². The van der Waals surface area contributed by atoms with E-state index in [1.165, 1.54) is 37.6 Å². The van der Waals surface area contributed by atoms with Crippen LogP contribution in [0.5, 0.6) is 6.01 Å². The minimum Gasteiger partial charge on any atom is -0.467 e. The van der Waals surface area contributed by atoms with Gasteiger partial charge in [-0.15, -0.1) is 0 Å². The summed E-state index contributed by atoms with van der Waals surface area (Å²) in [6.07, 6.45) is 3.57. The molecule has 1 aliphatic carbocycles. The topological polar surface area (TPSA) is 152 Å². The van der Waals surface area contributed by atoms with Crippen LogP contribution in [-0.2, 0) is 29.6 Å². The summed E-state index contributed by atoms with van der Waals surface area (Å²) in [6.45, 7) is 1.60. The summed E-state index contributed by atoms with van der Waals surface area (Å²) in [4.78, 5) is 41.4. The highest BCUT2D eigenvalue weighted by atomic mass is 19.1. The average Bonchev–Trinajstić information content (AvgIpc) is 3.64. The molecule has 37 heavy (non-hydrogen) atoms. The zero-order valence-electron chi connectivity index (χ0n) is 20.3. The third kappa shape index (κ3) is 4.77. The maximum absolute atomic E-state index is 13.6. The van der Waals surface area contributed by atoms with E-state index in [0.717, 1.165) is 12.8 Å². The first-order valence-corrected chi connectivity index (χ1v) is 11.7. The minimum absolute atomic E-state index is 0.0553. The summed E-state index contributed by atoms with van der Waals surface area (Å²) in [6, 6.07) is 7.34. The molecule has 0 radical (unpaired) electrons. The number of nitrogens with zero attached hydrogens (tertiary/aromatic N) is 3. The van der Waals surface area contributed by atoms with E-state index in [0.29, 0.717) is 35.2 Å². The Hall–Kier alpha value is -3.90. The van der Waals surface area contributed by atoms with Gasteiger partial charge in [0.2, 0.25) is 0 Å². The maximum atomic E-state index is 13.6. The number of rotatable bonds is 8. The molecule has 0 unspecified atom stereocenters. The van der Waals surface area contributed by atoms with Crippen LogP contribution in [0, 0.1) is 17.2 Å². The normalized spacial score (nSPS) is 23.4. The number of imidazole rings is 1. The van der Waals surface area contributed by atoms with Crippen molar-refractivity contribution in [2.75, 3.05) is 26.9 Å². The van der Waals surface area contributed by atoms with Crippen LogP contribution < -0.4 is 10.5 Å². The number of primary amides is 1. The molecule has 3 N–H and O–H groups in total. The number of benzene rings is 1. The number of nitrogens with two attached hydrogens (primary N) is 1. The fourth-order valence-corrected chi connectivity index (χ4v) is 3.88. The third-order valence-corrected chi connectivity index (χ3v) is 6.36. The van der Waals surface area contributed by atoms with Crippen molar-refractivity contribution in [2.45, 2.75) is 25.6 Å². The lowest BCUT2D eigenvalue weighted by molar-refractivity contribution is -0.293. The van der Waals surface area contributed by atoms with Crippen molar-refractivity contribution in [3.63, 3.8) is 0 Å². The van der Waals surface area contributed by atoms with Crippen LogP contribution in [0.4, 0.5) is 4.39 Å². The van der Waals surface area contributed by atoms with Crippen molar-refractivity contribution in [3.8, 4) is 28.7 Å². The number of carbonyl (C=O) groups excluding carboxylic acids is 2. The van der Waals surface area contributed by atoms with Crippen LogP contribution in [0.3, 0.4) is 0 Å². The van der Waals surface area contributed by atoms with Gasteiger partial charge in [0, 0.05) is 11.8 Å². The van der Waals surface area contributed by atoms with Gasteiger partial charge in [-0.05, 0) is 56.0 Å². The number of aromatic amines is 1. The molecule has 0 atom stereocenters. The fraction of sp³-hybridized carbons (Fsp3) is 0.400. The van der Waals surface area contributed by atoms with Gasteiger partial charge < -0.3 is 29.7 Å². The molecule has 5 rings (SSSR count). The van der Waals surface area contributed by atoms with Crippen molar-refractivity contribution in [1.82, 2.24) is 19.9 Å². The van der Waals surface area contributed by atoms with Crippen molar-refractivity contribution >= 4 is 11.9 Å². The van der Waals surface area contributed by atoms with Crippen LogP contribution in [0.15, 0.2) is 36.5 Å². The Morgan fingerprint density at radius 2 is 1.86 bits per heavy atom. The first kappa shape index (κ1) is 24.8. The summed E-state index contributed by atoms with van der Waals surface area (Å²) in [5, 5.41) is 0. The number of hydrogen-bond donors (Lipinski definition) is 2. The molecule has 3 aromatic rings. The SMILES string of the molecule is COc1nccc(-c2[nH]c(C3(C(N)=O)OCC(C)(C(=O)OCC4CC4)CO3)nc2-c2ccc(F)cc2)n1. The first-order valence-electron chi connectivity index (χ1n) is 11.7. The largest absolute Gasteiger partial charge is 0.467 e. The molecule has 2 aromatic heterocycles. The number of carbonyl (C=O) groups is 2. The number of amides is 1. The van der Waals surface area contributed by atoms with Crippen LogP contribution >= 0.6 is 0 Å². The molecule has 1 amide bonds. The van der Waals surface area contributed by atoms with Gasteiger partial charge in [-0.3, -0.25) is 9.59 Å². The van der Waals surface area contributed by atoms with Crippen molar-refractivity contribution in [2.24, 2.45) is 17.1 Å². The van der Waals surface area contributed by atoms with Crippen LogP contribution in [-0.4, -0.2) is 58.7 Å². The molecule has 12 heteroatoms. The summed E-state index contributed by atoms with van der Waals surface area (Å²) < 4.78 is 35.9. The predicted molar refractivity (Wildman–Crippen MR) is 126 cm³/mol. The van der Waals surface area contributed by atoms with Crippen molar-refractivity contribution in [1.29, 1.82) is 0 Å². The highest BCUT2D eigenvalue weighted by molar-refractivity contribution is 5.85. The molecule has 11 nitrogen and oxygen atoms in total. The number of esters is 1. The lowest BCUT2D eigenvalue weighted by atomic mass is 9.91. The number of nitrogens with one attached hydrogen (secondary N) is 1. The monoisotopic (exact) mass is 511 g/mol. The fourth-order valence-electron chi connectivity index (χ4n) is 3.88. The quantitative estimate of drug-likeness (QED) is 0.434. The minimum atomic E-state index is -2.11. The highest BCUT2D eigenvalue weighted by Gasteiger charge is 2.54. The number of aromatic nitrogens is 4. The molecule has 194 valence electrons. The van der Waals surface area contributed by atoms with Crippen LogP contribution in [0.25, 0.3) is 22.6 Å². The second-order valence-electron chi connectivity index (χ2n) is 9.41. The molecule has 1 saturated carbocycles. The lowest BCUT2D eigenvalue weighted by Gasteiger charge is -2.40. The zero-order valence-corrected chi connectivity index (χ0v) is 20.3. The summed E-state index contributed by atoms with van der Waals surface area (Å²) in [5.41, 5.74) is 6.22. The van der Waals surface area contributed by atoms with Crippen molar-refractivity contribution in [3.05, 3.63) is 48.2 Å². The van der Waals surface area contributed by atoms with E-state index >= 15 is 0 Å². The molecule has 1 saturated heterocycles. The van der Waals surface area contributed by atoms with E-state index < -0.39 is 28.9 Å². The van der Waals surface area contributed by atoms with E-state index in [2.05, 4.69) is 19.9 Å². The number of H-pyrrole nitrogens is 1. The summed E-state index contributed by atoms with van der Waals surface area (Å²) in [5.74, 6) is -3.63. The van der Waals surface area contributed by atoms with Crippen molar-refractivity contribution < 1.29 is 32.9 Å². The zero-order chi connectivity index (χ0) is 26.2. The molecule has 1 aromatic carbocycles. The molecule has 2 fully saturated rings. The predicted octanol–water partition coefficient (Wildman–Crippen LogP) is 2.33. The summed E-state index contributed by atoms with van der Waals surface area (Å²) >= 11 is 0. The second-order valence-corrected chi connectivity index (χ2v) is 9.41. The number of halogens is 1. The van der Waals surface area contributed by atoms with E-state index in [9.17, 15) is 14.0 Å². The highest BCUT2D eigenvalue weighted by Crippen LogP contribution is 2.40. The number of hydrogen-bond acceptors (Lipinski definition) is 9. The molecule has 0 bridgehead atoms. The number of ether oxygens (including phenoxy) is 4. The molecule has 0 spiro atoms. The van der Waals surface area contributed by atoms with Gasteiger partial charge in [0.25, 0.3) is 5.91 Å². The molecule has 1 aliphatic heterocycles. The van der Waals surface area contributed by atoms with E-state index in [-0.39, 0.29) is 25.0 Å². The van der Waals surface area contributed by atoms with Gasteiger partial charge in [0.1, 0.15) is 11.2 Å². The Morgan fingerprint density at radius 3 is 2.49 bits per heavy atom. The Kier molecular flexibility index (Phi) is 6.38.